The minimum Gasteiger partial charge on any atom is -0.298 e. The normalized spacial score (nSPS) is 13.5. The number of amides is 3. The lowest BCUT2D eigenvalue weighted by Crippen LogP contribution is -2.24. The van der Waals surface area contributed by atoms with Gasteiger partial charge in [0.1, 0.15) is 0 Å². The lowest BCUT2D eigenvalue weighted by atomic mass is 10.1. The van der Waals surface area contributed by atoms with E-state index < -0.39 is 5.91 Å². The van der Waals surface area contributed by atoms with Crippen molar-refractivity contribution in [2.75, 3.05) is 12.4 Å². The second-order valence-corrected chi connectivity index (χ2v) is 5.54. The topological polar surface area (TPSA) is 79.4 Å². The molecule has 0 bridgehead atoms. The van der Waals surface area contributed by atoms with Crippen molar-refractivity contribution in [1.82, 2.24) is 9.88 Å². The summed E-state index contributed by atoms with van der Waals surface area (Å²) in [6.07, 6.45) is 0. The van der Waals surface area contributed by atoms with Crippen molar-refractivity contribution in [3.8, 4) is 0 Å². The minimum absolute atomic E-state index is 0.255. The Hall–Kier alpha value is -2.54. The molecule has 21 heavy (non-hydrogen) atoms. The maximum Gasteiger partial charge on any atom is 0.261 e. The fourth-order valence-electron chi connectivity index (χ4n) is 2.08. The van der Waals surface area contributed by atoms with Gasteiger partial charge in [-0.15, -0.1) is 11.3 Å². The number of fused-ring (bicyclic) bond motifs is 1. The van der Waals surface area contributed by atoms with E-state index in [0.717, 1.165) is 10.6 Å². The molecule has 1 aliphatic heterocycles. The summed E-state index contributed by atoms with van der Waals surface area (Å²) >= 11 is 1.33. The number of aryl methyl sites for hydroxylation is 1. The summed E-state index contributed by atoms with van der Waals surface area (Å²) in [4.78, 5) is 41.0. The quantitative estimate of drug-likeness (QED) is 0.860. The summed E-state index contributed by atoms with van der Waals surface area (Å²) in [6, 6.07) is 4.47. The second kappa shape index (κ2) is 4.78. The van der Waals surface area contributed by atoms with Crippen LogP contribution in [0.3, 0.4) is 0 Å². The first-order chi connectivity index (χ1) is 9.97. The number of benzene rings is 1. The van der Waals surface area contributed by atoms with Crippen LogP contribution >= 0.6 is 11.3 Å². The van der Waals surface area contributed by atoms with Gasteiger partial charge in [0.25, 0.3) is 17.7 Å². The lowest BCUT2D eigenvalue weighted by Gasteiger charge is -2.03. The van der Waals surface area contributed by atoms with Crippen molar-refractivity contribution >= 4 is 34.2 Å². The predicted molar refractivity (Wildman–Crippen MR) is 77.7 cm³/mol. The Labute approximate surface area is 124 Å². The Balaban J connectivity index is 1.89. The van der Waals surface area contributed by atoms with E-state index in [-0.39, 0.29) is 17.4 Å². The lowest BCUT2D eigenvalue weighted by molar-refractivity contribution is 0.0693. The molecule has 3 rings (SSSR count). The Morgan fingerprint density at radius 1 is 1.24 bits per heavy atom. The third-order valence-electron chi connectivity index (χ3n) is 3.19. The zero-order chi connectivity index (χ0) is 15.1. The van der Waals surface area contributed by atoms with Crippen LogP contribution in [0.2, 0.25) is 0 Å². The smallest absolute Gasteiger partial charge is 0.261 e. The van der Waals surface area contributed by atoms with Gasteiger partial charge in [-0.1, -0.05) is 0 Å². The van der Waals surface area contributed by atoms with Crippen LogP contribution in [0.1, 0.15) is 36.8 Å². The van der Waals surface area contributed by atoms with Crippen LogP contribution in [0.15, 0.2) is 23.6 Å². The third kappa shape index (κ3) is 2.21. The molecule has 0 atom stereocenters. The van der Waals surface area contributed by atoms with E-state index >= 15 is 0 Å². The van der Waals surface area contributed by atoms with E-state index in [1.54, 1.807) is 0 Å². The van der Waals surface area contributed by atoms with Crippen LogP contribution in [0, 0.1) is 6.92 Å². The highest BCUT2D eigenvalue weighted by Gasteiger charge is 2.33. The number of rotatable bonds is 2. The molecule has 0 saturated heterocycles. The number of thiazole rings is 1. The third-order valence-corrected chi connectivity index (χ3v) is 4.07. The first kappa shape index (κ1) is 13.4. The molecule has 1 aromatic carbocycles. The number of nitrogens with zero attached hydrogens (tertiary/aromatic N) is 2. The van der Waals surface area contributed by atoms with Gasteiger partial charge in [0.05, 0.1) is 16.8 Å². The van der Waals surface area contributed by atoms with E-state index in [2.05, 4.69) is 10.3 Å². The van der Waals surface area contributed by atoms with Crippen molar-refractivity contribution in [3.63, 3.8) is 0 Å². The van der Waals surface area contributed by atoms with Crippen LogP contribution in [0.5, 0.6) is 0 Å². The zero-order valence-electron chi connectivity index (χ0n) is 11.3. The number of hydrogen-bond acceptors (Lipinski definition) is 5. The van der Waals surface area contributed by atoms with Crippen molar-refractivity contribution in [3.05, 3.63) is 46.0 Å². The Bertz CT molecular complexity index is 782. The molecular weight excluding hydrogens is 290 g/mol. The van der Waals surface area contributed by atoms with Crippen LogP contribution in [0.25, 0.3) is 0 Å². The summed E-state index contributed by atoms with van der Waals surface area (Å²) in [6.45, 7) is 1.83. The molecule has 0 saturated carbocycles. The Morgan fingerprint density at radius 2 is 1.95 bits per heavy atom. The fraction of sp³-hybridized carbons (Fsp3) is 0.143. The van der Waals surface area contributed by atoms with Crippen molar-refractivity contribution < 1.29 is 14.4 Å². The van der Waals surface area contributed by atoms with Crippen LogP contribution in [-0.2, 0) is 0 Å². The number of imide groups is 1. The van der Waals surface area contributed by atoms with E-state index in [4.69, 9.17) is 0 Å². The number of carbonyl (C=O) groups is 3. The SMILES string of the molecule is Cc1csc(NC(=O)c2ccc3c(c2)C(=O)N(C)C3=O)n1. The molecule has 0 aliphatic carbocycles. The second-order valence-electron chi connectivity index (χ2n) is 4.68. The van der Waals surface area contributed by atoms with Gasteiger partial charge in [-0.2, -0.15) is 0 Å². The van der Waals surface area contributed by atoms with Crippen molar-refractivity contribution in [1.29, 1.82) is 0 Å². The highest BCUT2D eigenvalue weighted by molar-refractivity contribution is 7.13. The number of aromatic nitrogens is 1. The van der Waals surface area contributed by atoms with Crippen LogP contribution < -0.4 is 5.32 Å². The molecule has 1 N–H and O–H groups in total. The standard InChI is InChI=1S/C14H11N3O3S/c1-7-6-21-14(15-7)16-11(18)8-3-4-9-10(5-8)13(20)17(2)12(9)19/h3-6H,1-2H3,(H,15,16,18). The average Bonchev–Trinajstić information content (AvgIpc) is 2.97. The van der Waals surface area contributed by atoms with Crippen LogP contribution in [0.4, 0.5) is 5.13 Å². The predicted octanol–water partition coefficient (Wildman–Crippen LogP) is 1.93. The molecule has 2 heterocycles. The monoisotopic (exact) mass is 301 g/mol. The van der Waals surface area contributed by atoms with Gasteiger partial charge in [-0.05, 0) is 25.1 Å². The molecule has 0 radical (unpaired) electrons. The van der Waals surface area contributed by atoms with E-state index in [1.807, 2.05) is 12.3 Å². The summed E-state index contributed by atoms with van der Waals surface area (Å²) in [5, 5.41) is 4.99. The van der Waals surface area contributed by atoms with Gasteiger partial charge in [0.2, 0.25) is 0 Å². The Kier molecular flexibility index (Phi) is 3.06. The number of carbonyl (C=O) groups excluding carboxylic acids is 3. The minimum atomic E-state index is -0.394. The Morgan fingerprint density at radius 3 is 2.62 bits per heavy atom. The molecule has 2 aromatic rings. The van der Waals surface area contributed by atoms with E-state index in [1.165, 1.54) is 36.6 Å². The molecule has 0 unspecified atom stereocenters. The molecule has 7 heteroatoms. The summed E-state index contributed by atoms with van der Waals surface area (Å²) in [7, 11) is 1.42. The maximum absolute atomic E-state index is 12.1. The first-order valence-electron chi connectivity index (χ1n) is 6.17. The van der Waals surface area contributed by atoms with Gasteiger partial charge in [0, 0.05) is 18.0 Å². The van der Waals surface area contributed by atoms with Crippen molar-refractivity contribution in [2.24, 2.45) is 0 Å². The average molecular weight is 301 g/mol. The van der Waals surface area contributed by atoms with E-state index in [0.29, 0.717) is 16.3 Å². The summed E-state index contributed by atoms with van der Waals surface area (Å²) < 4.78 is 0. The molecule has 6 nitrogen and oxygen atoms in total. The van der Waals surface area contributed by atoms with Gasteiger partial charge in [-0.25, -0.2) is 4.98 Å². The molecular formula is C14H11N3O3S. The van der Waals surface area contributed by atoms with Crippen molar-refractivity contribution in [2.45, 2.75) is 6.92 Å². The fourth-order valence-corrected chi connectivity index (χ4v) is 2.77. The highest BCUT2D eigenvalue weighted by atomic mass is 32.1. The molecule has 0 fully saturated rings. The molecule has 1 aliphatic rings. The maximum atomic E-state index is 12.1. The molecule has 106 valence electrons. The summed E-state index contributed by atoms with van der Waals surface area (Å²) in [5.74, 6) is -1.10. The largest absolute Gasteiger partial charge is 0.298 e. The highest BCUT2D eigenvalue weighted by Crippen LogP contribution is 2.23. The van der Waals surface area contributed by atoms with Gasteiger partial charge >= 0.3 is 0 Å². The number of hydrogen-bond donors (Lipinski definition) is 1. The number of nitrogens with one attached hydrogen (secondary N) is 1. The molecule has 3 amide bonds. The number of anilines is 1. The molecule has 0 spiro atoms. The van der Waals surface area contributed by atoms with Gasteiger partial charge in [0.15, 0.2) is 5.13 Å². The molecule has 1 aromatic heterocycles. The zero-order valence-corrected chi connectivity index (χ0v) is 12.2. The first-order valence-corrected chi connectivity index (χ1v) is 7.05. The van der Waals surface area contributed by atoms with Gasteiger partial charge in [-0.3, -0.25) is 24.6 Å². The summed E-state index contributed by atoms with van der Waals surface area (Å²) in [5.41, 5.74) is 1.72. The van der Waals surface area contributed by atoms with Gasteiger partial charge < -0.3 is 0 Å². The van der Waals surface area contributed by atoms with E-state index in [9.17, 15) is 14.4 Å². The van der Waals surface area contributed by atoms with Crippen LogP contribution in [-0.4, -0.2) is 34.7 Å².